The quantitative estimate of drug-likeness (QED) is 0.272. The summed E-state index contributed by atoms with van der Waals surface area (Å²) in [6, 6.07) is 9.46. The molecule has 2 N–H and O–H groups in total. The van der Waals surface area contributed by atoms with E-state index in [-0.39, 0.29) is 12.3 Å². The molecule has 6 nitrogen and oxygen atoms in total. The molecular weight excluding hydrogens is 336 g/mol. The lowest BCUT2D eigenvalue weighted by Crippen LogP contribution is -2.40. The van der Waals surface area contributed by atoms with Gasteiger partial charge in [-0.3, -0.25) is 4.99 Å². The number of nitrogens with zero attached hydrogens (tertiary/aromatic N) is 2. The SMILES string of the molecule is C=CCCCN(C)C(=NCCS(=O)(=O)NCc1ccccc1)NCC. The van der Waals surface area contributed by atoms with Gasteiger partial charge in [0.05, 0.1) is 12.3 Å². The minimum atomic E-state index is -3.35. The van der Waals surface area contributed by atoms with Gasteiger partial charge >= 0.3 is 0 Å². The maximum absolute atomic E-state index is 12.1. The van der Waals surface area contributed by atoms with Gasteiger partial charge < -0.3 is 10.2 Å². The molecule has 0 amide bonds. The van der Waals surface area contributed by atoms with Gasteiger partial charge in [-0.1, -0.05) is 36.4 Å². The second-order valence-corrected chi connectivity index (χ2v) is 7.64. The first-order valence-electron chi connectivity index (χ1n) is 8.60. The van der Waals surface area contributed by atoms with E-state index in [2.05, 4.69) is 21.6 Å². The molecule has 0 aliphatic carbocycles. The highest BCUT2D eigenvalue weighted by atomic mass is 32.2. The summed E-state index contributed by atoms with van der Waals surface area (Å²) >= 11 is 0. The number of guanidine groups is 1. The zero-order valence-corrected chi connectivity index (χ0v) is 16.1. The van der Waals surface area contributed by atoms with E-state index in [9.17, 15) is 8.42 Å². The van der Waals surface area contributed by atoms with Crippen molar-refractivity contribution in [2.75, 3.05) is 32.4 Å². The second-order valence-electron chi connectivity index (χ2n) is 5.71. The molecule has 1 aromatic rings. The van der Waals surface area contributed by atoms with Crippen molar-refractivity contribution >= 4 is 16.0 Å². The van der Waals surface area contributed by atoms with Gasteiger partial charge in [-0.05, 0) is 25.3 Å². The molecule has 1 rings (SSSR count). The lowest BCUT2D eigenvalue weighted by molar-refractivity contribution is 0.470. The van der Waals surface area contributed by atoms with Crippen LogP contribution in [0.1, 0.15) is 25.3 Å². The Hall–Kier alpha value is -1.86. The molecule has 0 unspecified atom stereocenters. The molecule has 0 saturated carbocycles. The summed E-state index contributed by atoms with van der Waals surface area (Å²) in [4.78, 5) is 6.43. The van der Waals surface area contributed by atoms with E-state index in [1.54, 1.807) is 0 Å². The molecule has 0 fully saturated rings. The molecule has 25 heavy (non-hydrogen) atoms. The molecule has 0 spiro atoms. The lowest BCUT2D eigenvalue weighted by atomic mass is 10.2. The van der Waals surface area contributed by atoms with Gasteiger partial charge in [0, 0.05) is 26.7 Å². The van der Waals surface area contributed by atoms with Crippen LogP contribution >= 0.6 is 0 Å². The molecule has 0 heterocycles. The largest absolute Gasteiger partial charge is 0.357 e. The standard InChI is InChI=1S/C18H30N4O2S/c1-4-6-10-14-22(3)18(19-5-2)20-13-15-25(23,24)21-16-17-11-8-7-9-12-17/h4,7-9,11-12,21H,1,5-6,10,13-16H2,2-3H3,(H,19,20). The van der Waals surface area contributed by atoms with E-state index in [4.69, 9.17) is 0 Å². The number of hydrogen-bond donors (Lipinski definition) is 2. The molecule has 0 bridgehead atoms. The Kier molecular flexibility index (Phi) is 9.87. The van der Waals surface area contributed by atoms with E-state index < -0.39 is 10.0 Å². The summed E-state index contributed by atoms with van der Waals surface area (Å²) in [6.45, 7) is 7.81. The number of unbranched alkanes of at least 4 members (excludes halogenated alkanes) is 1. The Morgan fingerprint density at radius 1 is 1.32 bits per heavy atom. The molecule has 0 radical (unpaired) electrons. The zero-order chi connectivity index (χ0) is 18.5. The van der Waals surface area contributed by atoms with E-state index in [1.807, 2.05) is 55.3 Å². The van der Waals surface area contributed by atoms with Crippen molar-refractivity contribution in [1.29, 1.82) is 0 Å². The van der Waals surface area contributed by atoms with Crippen LogP contribution in [-0.4, -0.2) is 51.7 Å². The molecule has 1 aromatic carbocycles. The van der Waals surface area contributed by atoms with Crippen molar-refractivity contribution in [2.45, 2.75) is 26.3 Å². The van der Waals surface area contributed by atoms with Gasteiger partial charge in [-0.25, -0.2) is 13.1 Å². The smallest absolute Gasteiger partial charge is 0.213 e. The first-order valence-corrected chi connectivity index (χ1v) is 10.3. The van der Waals surface area contributed by atoms with Crippen LogP contribution in [0.2, 0.25) is 0 Å². The molecule has 140 valence electrons. The molecular formula is C18H30N4O2S. The number of aliphatic imine (C=N–C) groups is 1. The summed E-state index contributed by atoms with van der Waals surface area (Å²) in [7, 11) is -1.40. The van der Waals surface area contributed by atoms with Crippen LogP contribution in [0.15, 0.2) is 48.0 Å². The van der Waals surface area contributed by atoms with Crippen LogP contribution in [0.25, 0.3) is 0 Å². The van der Waals surface area contributed by atoms with Gasteiger partial charge in [-0.2, -0.15) is 0 Å². The fourth-order valence-corrected chi connectivity index (χ4v) is 3.04. The maximum atomic E-state index is 12.1. The highest BCUT2D eigenvalue weighted by Crippen LogP contribution is 1.99. The Bertz CT molecular complexity index is 630. The van der Waals surface area contributed by atoms with Crippen molar-refractivity contribution in [3.63, 3.8) is 0 Å². The molecule has 0 aliphatic rings. The first kappa shape index (κ1) is 21.2. The summed E-state index contributed by atoms with van der Waals surface area (Å²) in [5, 5.41) is 3.19. The molecule has 0 saturated heterocycles. The van der Waals surface area contributed by atoms with Crippen molar-refractivity contribution in [3.05, 3.63) is 48.6 Å². The van der Waals surface area contributed by atoms with Crippen molar-refractivity contribution in [3.8, 4) is 0 Å². The van der Waals surface area contributed by atoms with Crippen LogP contribution < -0.4 is 10.0 Å². The van der Waals surface area contributed by atoms with Gasteiger partial charge in [0.1, 0.15) is 0 Å². The average Bonchev–Trinajstić information content (AvgIpc) is 2.60. The maximum Gasteiger partial charge on any atom is 0.213 e. The van der Waals surface area contributed by atoms with Crippen LogP contribution in [0.3, 0.4) is 0 Å². The molecule has 7 heteroatoms. The Morgan fingerprint density at radius 2 is 2.04 bits per heavy atom. The minimum absolute atomic E-state index is 0.0325. The third kappa shape index (κ3) is 9.26. The topological polar surface area (TPSA) is 73.8 Å². The van der Waals surface area contributed by atoms with Gasteiger partial charge in [0.2, 0.25) is 10.0 Å². The normalized spacial score (nSPS) is 12.0. The number of hydrogen-bond acceptors (Lipinski definition) is 3. The Balaban J connectivity index is 2.50. The molecule has 0 atom stereocenters. The van der Waals surface area contributed by atoms with E-state index in [0.29, 0.717) is 6.54 Å². The zero-order valence-electron chi connectivity index (χ0n) is 15.2. The summed E-state index contributed by atoms with van der Waals surface area (Å²) in [5.74, 6) is 0.694. The molecule has 0 aliphatic heterocycles. The van der Waals surface area contributed by atoms with Gasteiger partial charge in [0.15, 0.2) is 5.96 Å². The fourth-order valence-electron chi connectivity index (χ4n) is 2.18. The number of sulfonamides is 1. The monoisotopic (exact) mass is 366 g/mol. The Labute approximate surface area is 152 Å². The van der Waals surface area contributed by atoms with Gasteiger partial charge in [-0.15, -0.1) is 6.58 Å². The fraction of sp³-hybridized carbons (Fsp3) is 0.500. The number of allylic oxidation sites excluding steroid dienone is 1. The van der Waals surface area contributed by atoms with Crippen LogP contribution in [0, 0.1) is 0 Å². The second kappa shape index (κ2) is 11.7. The number of rotatable bonds is 11. The minimum Gasteiger partial charge on any atom is -0.357 e. The van der Waals surface area contributed by atoms with Gasteiger partial charge in [0.25, 0.3) is 0 Å². The van der Waals surface area contributed by atoms with E-state index >= 15 is 0 Å². The third-order valence-corrected chi connectivity index (χ3v) is 4.86. The van der Waals surface area contributed by atoms with Crippen LogP contribution in [0.4, 0.5) is 0 Å². The lowest BCUT2D eigenvalue weighted by Gasteiger charge is -2.21. The highest BCUT2D eigenvalue weighted by molar-refractivity contribution is 7.89. The van der Waals surface area contributed by atoms with E-state index in [0.717, 1.165) is 37.5 Å². The van der Waals surface area contributed by atoms with Crippen molar-refractivity contribution < 1.29 is 8.42 Å². The van der Waals surface area contributed by atoms with Crippen molar-refractivity contribution in [1.82, 2.24) is 14.9 Å². The van der Waals surface area contributed by atoms with Crippen LogP contribution in [-0.2, 0) is 16.6 Å². The highest BCUT2D eigenvalue weighted by Gasteiger charge is 2.10. The summed E-state index contributed by atoms with van der Waals surface area (Å²) in [6.07, 6.45) is 3.83. The summed E-state index contributed by atoms with van der Waals surface area (Å²) < 4.78 is 26.8. The predicted octanol–water partition coefficient (Wildman–Crippen LogP) is 1.97. The molecule has 0 aromatic heterocycles. The van der Waals surface area contributed by atoms with Crippen molar-refractivity contribution in [2.24, 2.45) is 4.99 Å². The third-order valence-electron chi connectivity index (χ3n) is 3.56. The van der Waals surface area contributed by atoms with E-state index in [1.165, 1.54) is 0 Å². The number of nitrogens with one attached hydrogen (secondary N) is 2. The average molecular weight is 367 g/mol. The van der Waals surface area contributed by atoms with Crippen LogP contribution in [0.5, 0.6) is 0 Å². The summed E-state index contributed by atoms with van der Waals surface area (Å²) in [5.41, 5.74) is 0.935. The Morgan fingerprint density at radius 3 is 2.68 bits per heavy atom. The first-order chi connectivity index (χ1) is 12.0. The predicted molar refractivity (Wildman–Crippen MR) is 105 cm³/mol. The number of benzene rings is 1.